The standard InChI is InChI=1S/C13H13NO2/c1-9(15)8-12-10(2)16-13(14-12)11-6-4-3-5-7-11/h3-7H,8H2,1-2H3. The average Bonchev–Trinajstić information content (AvgIpc) is 2.61. The lowest BCUT2D eigenvalue weighted by Crippen LogP contribution is -1.97. The van der Waals surface area contributed by atoms with Gasteiger partial charge in [0.25, 0.3) is 0 Å². The molecule has 82 valence electrons. The summed E-state index contributed by atoms with van der Waals surface area (Å²) in [5.74, 6) is 1.39. The summed E-state index contributed by atoms with van der Waals surface area (Å²) in [7, 11) is 0. The Morgan fingerprint density at radius 2 is 2.00 bits per heavy atom. The van der Waals surface area contributed by atoms with Crippen molar-refractivity contribution < 1.29 is 9.21 Å². The van der Waals surface area contributed by atoms with E-state index in [4.69, 9.17) is 4.42 Å². The normalized spacial score (nSPS) is 10.4. The van der Waals surface area contributed by atoms with Crippen LogP contribution in [0.2, 0.25) is 0 Å². The maximum atomic E-state index is 11.0. The molecule has 0 radical (unpaired) electrons. The van der Waals surface area contributed by atoms with Gasteiger partial charge in [-0.1, -0.05) is 18.2 Å². The van der Waals surface area contributed by atoms with Crippen LogP contribution >= 0.6 is 0 Å². The fourth-order valence-electron chi connectivity index (χ4n) is 1.53. The number of benzene rings is 1. The van der Waals surface area contributed by atoms with Gasteiger partial charge in [-0.2, -0.15) is 0 Å². The minimum atomic E-state index is 0.0935. The predicted octanol–water partition coefficient (Wildman–Crippen LogP) is 2.78. The third kappa shape index (κ3) is 2.19. The minimum Gasteiger partial charge on any atom is -0.441 e. The summed E-state index contributed by atoms with van der Waals surface area (Å²) in [5, 5.41) is 0. The monoisotopic (exact) mass is 215 g/mol. The Morgan fingerprint density at radius 1 is 1.31 bits per heavy atom. The highest BCUT2D eigenvalue weighted by Crippen LogP contribution is 2.21. The zero-order valence-corrected chi connectivity index (χ0v) is 9.36. The van der Waals surface area contributed by atoms with E-state index < -0.39 is 0 Å². The van der Waals surface area contributed by atoms with E-state index in [1.54, 1.807) is 6.92 Å². The molecule has 3 nitrogen and oxygen atoms in total. The Balaban J connectivity index is 2.34. The van der Waals surface area contributed by atoms with Crippen LogP contribution in [0.1, 0.15) is 18.4 Å². The van der Waals surface area contributed by atoms with Crippen LogP contribution in [0.25, 0.3) is 11.5 Å². The van der Waals surface area contributed by atoms with Crippen molar-refractivity contribution in [3.63, 3.8) is 0 Å². The molecular weight excluding hydrogens is 202 g/mol. The van der Waals surface area contributed by atoms with E-state index in [9.17, 15) is 4.79 Å². The molecule has 0 spiro atoms. The van der Waals surface area contributed by atoms with Crippen molar-refractivity contribution >= 4 is 5.78 Å². The first-order valence-corrected chi connectivity index (χ1v) is 5.18. The smallest absolute Gasteiger partial charge is 0.226 e. The van der Waals surface area contributed by atoms with Crippen LogP contribution in [0, 0.1) is 6.92 Å². The molecule has 1 aromatic heterocycles. The number of oxazole rings is 1. The number of rotatable bonds is 3. The zero-order chi connectivity index (χ0) is 11.5. The van der Waals surface area contributed by atoms with Crippen molar-refractivity contribution in [1.29, 1.82) is 0 Å². The van der Waals surface area contributed by atoms with Crippen LogP contribution < -0.4 is 0 Å². The second-order valence-electron chi connectivity index (χ2n) is 3.77. The van der Waals surface area contributed by atoms with E-state index in [1.165, 1.54) is 0 Å². The van der Waals surface area contributed by atoms with E-state index in [1.807, 2.05) is 37.3 Å². The van der Waals surface area contributed by atoms with Gasteiger partial charge in [0.15, 0.2) is 0 Å². The summed E-state index contributed by atoms with van der Waals surface area (Å²) in [5.41, 5.74) is 1.66. The van der Waals surface area contributed by atoms with Crippen LogP contribution in [0.3, 0.4) is 0 Å². The van der Waals surface area contributed by atoms with Crippen LogP contribution in [0.15, 0.2) is 34.7 Å². The Morgan fingerprint density at radius 3 is 2.62 bits per heavy atom. The number of carbonyl (C=O) groups excluding carboxylic acids is 1. The average molecular weight is 215 g/mol. The summed E-state index contributed by atoms with van der Waals surface area (Å²) in [6, 6.07) is 9.67. The largest absolute Gasteiger partial charge is 0.441 e. The summed E-state index contributed by atoms with van der Waals surface area (Å²) in [4.78, 5) is 15.4. The van der Waals surface area contributed by atoms with Gasteiger partial charge in [-0.25, -0.2) is 4.98 Å². The van der Waals surface area contributed by atoms with Crippen LogP contribution in [0.4, 0.5) is 0 Å². The highest BCUT2D eigenvalue weighted by molar-refractivity contribution is 5.78. The predicted molar refractivity (Wildman–Crippen MR) is 61.1 cm³/mol. The molecule has 0 fully saturated rings. The maximum Gasteiger partial charge on any atom is 0.226 e. The second kappa shape index (κ2) is 4.31. The summed E-state index contributed by atoms with van der Waals surface area (Å²) < 4.78 is 5.54. The molecule has 0 atom stereocenters. The Bertz CT molecular complexity index is 500. The SMILES string of the molecule is CC(=O)Cc1nc(-c2ccccc2)oc1C. The number of carbonyl (C=O) groups is 1. The number of Topliss-reactive ketones (excluding diaryl/α,β-unsaturated/α-hetero) is 1. The number of hydrogen-bond acceptors (Lipinski definition) is 3. The lowest BCUT2D eigenvalue weighted by Gasteiger charge is -1.92. The zero-order valence-electron chi connectivity index (χ0n) is 9.36. The molecular formula is C13H13NO2. The Hall–Kier alpha value is -1.90. The third-order valence-corrected chi connectivity index (χ3v) is 2.33. The summed E-state index contributed by atoms with van der Waals surface area (Å²) in [6.45, 7) is 3.38. The van der Waals surface area contributed by atoms with Gasteiger partial charge in [-0.05, 0) is 26.0 Å². The quantitative estimate of drug-likeness (QED) is 0.790. The fraction of sp³-hybridized carbons (Fsp3) is 0.231. The van der Waals surface area contributed by atoms with Crippen molar-refractivity contribution in [3.8, 4) is 11.5 Å². The van der Waals surface area contributed by atoms with Gasteiger partial charge in [-0.15, -0.1) is 0 Å². The Labute approximate surface area is 94.1 Å². The first kappa shape index (κ1) is 10.6. The topological polar surface area (TPSA) is 43.1 Å². The molecule has 0 bridgehead atoms. The van der Waals surface area contributed by atoms with Crippen molar-refractivity contribution in [2.24, 2.45) is 0 Å². The van der Waals surface area contributed by atoms with Crippen LogP contribution in [-0.2, 0) is 11.2 Å². The highest BCUT2D eigenvalue weighted by atomic mass is 16.4. The molecule has 0 aliphatic carbocycles. The number of aryl methyl sites for hydroxylation is 1. The second-order valence-corrected chi connectivity index (χ2v) is 3.77. The van der Waals surface area contributed by atoms with Gasteiger partial charge >= 0.3 is 0 Å². The van der Waals surface area contributed by atoms with E-state index in [2.05, 4.69) is 4.98 Å². The number of hydrogen-bond donors (Lipinski definition) is 0. The highest BCUT2D eigenvalue weighted by Gasteiger charge is 2.12. The van der Waals surface area contributed by atoms with Gasteiger partial charge in [0, 0.05) is 5.56 Å². The molecule has 2 rings (SSSR count). The van der Waals surface area contributed by atoms with Crippen molar-refractivity contribution in [1.82, 2.24) is 4.98 Å². The summed E-state index contributed by atoms with van der Waals surface area (Å²) in [6.07, 6.45) is 0.335. The molecule has 0 saturated heterocycles. The van der Waals surface area contributed by atoms with E-state index in [0.717, 1.165) is 11.3 Å². The molecule has 2 aromatic rings. The van der Waals surface area contributed by atoms with Crippen molar-refractivity contribution in [2.45, 2.75) is 20.3 Å². The number of ketones is 1. The van der Waals surface area contributed by atoms with Crippen LogP contribution in [-0.4, -0.2) is 10.8 Å². The summed E-state index contributed by atoms with van der Waals surface area (Å²) >= 11 is 0. The molecule has 0 amide bonds. The van der Waals surface area contributed by atoms with Gasteiger partial charge in [-0.3, -0.25) is 4.79 Å². The molecule has 0 unspecified atom stereocenters. The van der Waals surface area contributed by atoms with Gasteiger partial charge in [0.05, 0.1) is 12.1 Å². The lowest BCUT2D eigenvalue weighted by molar-refractivity contribution is -0.116. The minimum absolute atomic E-state index is 0.0935. The van der Waals surface area contributed by atoms with E-state index in [-0.39, 0.29) is 5.78 Å². The Kier molecular flexibility index (Phi) is 2.86. The lowest BCUT2D eigenvalue weighted by atomic mass is 10.2. The molecule has 1 heterocycles. The first-order chi connectivity index (χ1) is 7.66. The van der Waals surface area contributed by atoms with Crippen LogP contribution in [0.5, 0.6) is 0 Å². The molecule has 3 heteroatoms. The molecule has 0 aliphatic heterocycles. The number of aromatic nitrogens is 1. The van der Waals surface area contributed by atoms with Gasteiger partial charge in [0.2, 0.25) is 5.89 Å². The molecule has 16 heavy (non-hydrogen) atoms. The maximum absolute atomic E-state index is 11.0. The molecule has 0 N–H and O–H groups in total. The molecule has 1 aromatic carbocycles. The van der Waals surface area contributed by atoms with Crippen molar-refractivity contribution in [2.75, 3.05) is 0 Å². The van der Waals surface area contributed by atoms with E-state index >= 15 is 0 Å². The number of nitrogens with zero attached hydrogens (tertiary/aromatic N) is 1. The molecule has 0 aliphatic rings. The fourth-order valence-corrected chi connectivity index (χ4v) is 1.53. The van der Waals surface area contributed by atoms with Crippen molar-refractivity contribution in [3.05, 3.63) is 41.8 Å². The molecule has 0 saturated carbocycles. The third-order valence-electron chi connectivity index (χ3n) is 2.33. The van der Waals surface area contributed by atoms with E-state index in [0.29, 0.717) is 18.1 Å². The van der Waals surface area contributed by atoms with Gasteiger partial charge in [0.1, 0.15) is 11.5 Å². The first-order valence-electron chi connectivity index (χ1n) is 5.18. The van der Waals surface area contributed by atoms with Gasteiger partial charge < -0.3 is 4.42 Å².